The van der Waals surface area contributed by atoms with Crippen molar-refractivity contribution in [1.82, 2.24) is 15.5 Å². The molecule has 4 aliphatic rings. The second-order valence-electron chi connectivity index (χ2n) is 7.46. The Balaban J connectivity index is 0.00000182. The van der Waals surface area contributed by atoms with Crippen molar-refractivity contribution in [1.29, 1.82) is 0 Å². The summed E-state index contributed by atoms with van der Waals surface area (Å²) in [5.41, 5.74) is 0. The molecule has 4 saturated heterocycles. The van der Waals surface area contributed by atoms with Crippen LogP contribution in [0, 0.1) is 17.8 Å². The molecule has 4 rings (SSSR count). The van der Waals surface area contributed by atoms with Crippen molar-refractivity contribution in [2.45, 2.75) is 44.3 Å². The number of carbonyl (C=O) groups excluding carboxylic acids is 3. The topological polar surface area (TPSA) is 87.7 Å². The van der Waals surface area contributed by atoms with Gasteiger partial charge in [0, 0.05) is 6.54 Å². The molecule has 7 nitrogen and oxygen atoms in total. The molecule has 3 amide bonds. The molecule has 5 unspecified atom stereocenters. The van der Waals surface area contributed by atoms with Gasteiger partial charge in [-0.1, -0.05) is 0 Å². The number of imide groups is 1. The smallest absolute Gasteiger partial charge is 0.240 e. The minimum Gasteiger partial charge on any atom is -0.373 e. The third-order valence-electron chi connectivity index (χ3n) is 5.95. The van der Waals surface area contributed by atoms with Gasteiger partial charge in [-0.05, 0) is 51.1 Å². The molecule has 4 aliphatic heterocycles. The molecule has 8 heteroatoms. The first-order valence-corrected chi connectivity index (χ1v) is 9.13. The van der Waals surface area contributed by atoms with Gasteiger partial charge in [0.2, 0.25) is 17.7 Å². The number of rotatable bonds is 5. The van der Waals surface area contributed by atoms with Crippen LogP contribution < -0.4 is 10.6 Å². The zero-order chi connectivity index (χ0) is 16.7. The Hall–Kier alpha value is -1.18. The second kappa shape index (κ2) is 7.60. The largest absolute Gasteiger partial charge is 0.373 e. The van der Waals surface area contributed by atoms with Gasteiger partial charge < -0.3 is 15.4 Å². The van der Waals surface area contributed by atoms with Crippen LogP contribution in [0.2, 0.25) is 0 Å². The number of hydrogen-bond donors (Lipinski definition) is 2. The fourth-order valence-electron chi connectivity index (χ4n) is 4.72. The number of carbonyl (C=O) groups is 3. The number of piperidine rings is 1. The van der Waals surface area contributed by atoms with E-state index >= 15 is 0 Å². The van der Waals surface area contributed by atoms with Gasteiger partial charge >= 0.3 is 0 Å². The summed E-state index contributed by atoms with van der Waals surface area (Å²) < 4.78 is 5.69. The van der Waals surface area contributed by atoms with Gasteiger partial charge in [0.1, 0.15) is 6.54 Å². The molecule has 5 atom stereocenters. The van der Waals surface area contributed by atoms with Crippen molar-refractivity contribution in [3.05, 3.63) is 0 Å². The van der Waals surface area contributed by atoms with Gasteiger partial charge in [-0.3, -0.25) is 19.3 Å². The minimum atomic E-state index is -0.350. The van der Waals surface area contributed by atoms with Crippen LogP contribution in [-0.2, 0) is 19.1 Å². The van der Waals surface area contributed by atoms with Crippen LogP contribution in [0.25, 0.3) is 0 Å². The Morgan fingerprint density at radius 2 is 1.84 bits per heavy atom. The highest BCUT2D eigenvalue weighted by Crippen LogP contribution is 2.48. The molecular formula is C17H26ClN3O4. The van der Waals surface area contributed by atoms with Gasteiger partial charge in [-0.15, -0.1) is 12.4 Å². The fourth-order valence-corrected chi connectivity index (χ4v) is 4.72. The number of hydrogen-bond acceptors (Lipinski definition) is 5. The van der Waals surface area contributed by atoms with Gasteiger partial charge in [0.25, 0.3) is 0 Å². The molecule has 4 heterocycles. The van der Waals surface area contributed by atoms with E-state index in [0.717, 1.165) is 37.3 Å². The molecule has 140 valence electrons. The van der Waals surface area contributed by atoms with Crippen LogP contribution in [0.3, 0.4) is 0 Å². The van der Waals surface area contributed by atoms with Crippen LogP contribution in [-0.4, -0.2) is 61.0 Å². The average Bonchev–Trinajstić information content (AvgIpc) is 3.26. The Labute approximate surface area is 153 Å². The van der Waals surface area contributed by atoms with E-state index in [1.807, 2.05) is 0 Å². The van der Waals surface area contributed by atoms with Crippen molar-refractivity contribution < 1.29 is 19.1 Å². The molecule has 0 spiro atoms. The summed E-state index contributed by atoms with van der Waals surface area (Å²) >= 11 is 0. The molecule has 4 fully saturated rings. The van der Waals surface area contributed by atoms with Crippen LogP contribution in [0.4, 0.5) is 0 Å². The highest BCUT2D eigenvalue weighted by Gasteiger charge is 2.62. The lowest BCUT2D eigenvalue weighted by Crippen LogP contribution is -2.43. The highest BCUT2D eigenvalue weighted by molar-refractivity contribution is 6.08. The second-order valence-corrected chi connectivity index (χ2v) is 7.46. The van der Waals surface area contributed by atoms with Crippen molar-refractivity contribution >= 4 is 30.1 Å². The van der Waals surface area contributed by atoms with Crippen molar-refractivity contribution in [3.63, 3.8) is 0 Å². The quantitative estimate of drug-likeness (QED) is 0.668. The summed E-state index contributed by atoms with van der Waals surface area (Å²) in [6.07, 6.45) is 4.76. The molecule has 2 N–H and O–H groups in total. The van der Waals surface area contributed by atoms with E-state index in [-0.39, 0.29) is 60.7 Å². The summed E-state index contributed by atoms with van der Waals surface area (Å²) in [6.45, 7) is 2.54. The molecule has 0 saturated carbocycles. The van der Waals surface area contributed by atoms with E-state index in [1.54, 1.807) is 0 Å². The van der Waals surface area contributed by atoms with Gasteiger partial charge in [0.05, 0.1) is 24.0 Å². The Morgan fingerprint density at radius 1 is 1.16 bits per heavy atom. The third kappa shape index (κ3) is 3.41. The lowest BCUT2D eigenvalue weighted by molar-refractivity contribution is -0.146. The number of ether oxygens (including phenoxy) is 1. The van der Waals surface area contributed by atoms with Gasteiger partial charge in [0.15, 0.2) is 0 Å². The fraction of sp³-hybridized carbons (Fsp3) is 0.824. The van der Waals surface area contributed by atoms with E-state index in [0.29, 0.717) is 12.5 Å². The predicted molar refractivity (Wildman–Crippen MR) is 92.1 cm³/mol. The lowest BCUT2D eigenvalue weighted by atomic mass is 9.81. The summed E-state index contributed by atoms with van der Waals surface area (Å²) in [5, 5.41) is 6.22. The zero-order valence-electron chi connectivity index (χ0n) is 14.2. The number of nitrogens with zero attached hydrogens (tertiary/aromatic N) is 1. The molecule has 0 aromatic heterocycles. The van der Waals surface area contributed by atoms with E-state index in [1.165, 1.54) is 12.8 Å². The normalized spacial score (nSPS) is 36.3. The van der Waals surface area contributed by atoms with Crippen molar-refractivity contribution in [2.75, 3.05) is 26.2 Å². The Bertz CT molecular complexity index is 524. The highest BCUT2D eigenvalue weighted by atomic mass is 35.5. The monoisotopic (exact) mass is 371 g/mol. The molecule has 25 heavy (non-hydrogen) atoms. The van der Waals surface area contributed by atoms with Crippen LogP contribution >= 0.6 is 12.4 Å². The maximum absolute atomic E-state index is 12.5. The maximum atomic E-state index is 12.5. The van der Waals surface area contributed by atoms with E-state index in [4.69, 9.17) is 4.74 Å². The average molecular weight is 372 g/mol. The zero-order valence-corrected chi connectivity index (χ0v) is 15.1. The molecule has 0 aromatic carbocycles. The summed E-state index contributed by atoms with van der Waals surface area (Å²) in [6, 6.07) is 0. The minimum absolute atomic E-state index is 0. The molecule has 2 bridgehead atoms. The standard InChI is InChI=1S/C17H25N3O4.ClH/c21-13(19-7-5-10-2-1-6-18-8-10)9-20-16(22)14-11-3-4-12(24-11)15(14)17(20)23;/h10-12,14-15,18H,1-9H2,(H,19,21);1H. The lowest BCUT2D eigenvalue weighted by Gasteiger charge is -2.23. The molecule has 0 aliphatic carbocycles. The Morgan fingerprint density at radius 3 is 2.44 bits per heavy atom. The Kier molecular flexibility index (Phi) is 5.65. The summed E-state index contributed by atoms with van der Waals surface area (Å²) in [7, 11) is 0. The van der Waals surface area contributed by atoms with E-state index in [2.05, 4.69) is 10.6 Å². The number of nitrogens with one attached hydrogen (secondary N) is 2. The first kappa shape index (κ1) is 18.6. The molecule has 0 radical (unpaired) electrons. The number of fused-ring (bicyclic) bond motifs is 5. The van der Waals surface area contributed by atoms with E-state index in [9.17, 15) is 14.4 Å². The maximum Gasteiger partial charge on any atom is 0.240 e. The SMILES string of the molecule is Cl.O=C(CN1C(=O)C2C3CCC(O3)C2C1=O)NCCC1CCCNC1. The van der Waals surface area contributed by atoms with Crippen molar-refractivity contribution in [3.8, 4) is 0 Å². The van der Waals surface area contributed by atoms with Crippen LogP contribution in [0.15, 0.2) is 0 Å². The predicted octanol–water partition coefficient (Wildman–Crippen LogP) is 0.0765. The first-order chi connectivity index (χ1) is 11.6. The van der Waals surface area contributed by atoms with Gasteiger partial charge in [-0.25, -0.2) is 0 Å². The van der Waals surface area contributed by atoms with Gasteiger partial charge in [-0.2, -0.15) is 0 Å². The summed E-state index contributed by atoms with van der Waals surface area (Å²) in [5.74, 6) is -0.780. The van der Waals surface area contributed by atoms with Crippen LogP contribution in [0.5, 0.6) is 0 Å². The van der Waals surface area contributed by atoms with Crippen molar-refractivity contribution in [2.24, 2.45) is 17.8 Å². The summed E-state index contributed by atoms with van der Waals surface area (Å²) in [4.78, 5) is 38.2. The van der Waals surface area contributed by atoms with E-state index < -0.39 is 0 Å². The molecular weight excluding hydrogens is 346 g/mol. The first-order valence-electron chi connectivity index (χ1n) is 9.13. The number of likely N-dealkylation sites (tertiary alicyclic amines) is 1. The van der Waals surface area contributed by atoms with Crippen LogP contribution in [0.1, 0.15) is 32.1 Å². The third-order valence-corrected chi connectivity index (χ3v) is 5.95. The number of amides is 3. The number of halogens is 1. The molecule has 0 aromatic rings.